The highest BCUT2D eigenvalue weighted by molar-refractivity contribution is 7.09. The first-order chi connectivity index (χ1) is 16.1. The van der Waals surface area contributed by atoms with Crippen molar-refractivity contribution in [2.45, 2.75) is 20.1 Å². The van der Waals surface area contributed by atoms with Crippen molar-refractivity contribution in [2.75, 3.05) is 5.32 Å². The number of nitrogens with zero attached hydrogens (tertiary/aromatic N) is 2. The molecule has 0 bridgehead atoms. The summed E-state index contributed by atoms with van der Waals surface area (Å²) in [5.41, 5.74) is 3.29. The summed E-state index contributed by atoms with van der Waals surface area (Å²) in [6.07, 6.45) is 4.96. The molecule has 4 aromatic rings. The second-order valence-corrected chi connectivity index (χ2v) is 8.43. The van der Waals surface area contributed by atoms with Gasteiger partial charge in [-0.15, -0.1) is 11.3 Å². The van der Waals surface area contributed by atoms with Gasteiger partial charge in [0.15, 0.2) is 0 Å². The highest BCUT2D eigenvalue weighted by Gasteiger charge is 2.05. The van der Waals surface area contributed by atoms with Crippen LogP contribution in [0.5, 0.6) is 5.75 Å². The van der Waals surface area contributed by atoms with Crippen molar-refractivity contribution in [3.63, 3.8) is 0 Å². The number of pyridine rings is 1. The highest BCUT2D eigenvalue weighted by atomic mass is 32.1. The Morgan fingerprint density at radius 2 is 1.88 bits per heavy atom. The Balaban J connectivity index is 1.35. The smallest absolute Gasteiger partial charge is 0.250 e. The van der Waals surface area contributed by atoms with E-state index in [0.29, 0.717) is 24.6 Å². The second kappa shape index (κ2) is 10.6. The summed E-state index contributed by atoms with van der Waals surface area (Å²) < 4.78 is 7.52. The van der Waals surface area contributed by atoms with Gasteiger partial charge < -0.3 is 14.6 Å². The van der Waals surface area contributed by atoms with Gasteiger partial charge >= 0.3 is 0 Å². The summed E-state index contributed by atoms with van der Waals surface area (Å²) in [6.45, 7) is 2.81. The number of aryl methyl sites for hydroxylation is 1. The Labute approximate surface area is 195 Å². The molecule has 0 aliphatic carbocycles. The molecular weight excluding hydrogens is 434 g/mol. The summed E-state index contributed by atoms with van der Waals surface area (Å²) in [7, 11) is 0. The Hall–Kier alpha value is -3.97. The molecule has 2 heterocycles. The van der Waals surface area contributed by atoms with Gasteiger partial charge in [-0.2, -0.15) is 0 Å². The van der Waals surface area contributed by atoms with Crippen molar-refractivity contribution in [2.24, 2.45) is 0 Å². The van der Waals surface area contributed by atoms with E-state index in [1.165, 1.54) is 12.1 Å². The Kier molecular flexibility index (Phi) is 7.12. The van der Waals surface area contributed by atoms with Crippen molar-refractivity contribution in [1.29, 1.82) is 0 Å². The van der Waals surface area contributed by atoms with E-state index < -0.39 is 0 Å². The van der Waals surface area contributed by atoms with E-state index in [0.717, 1.165) is 21.8 Å². The monoisotopic (exact) mass is 457 g/mol. The summed E-state index contributed by atoms with van der Waals surface area (Å²) in [6, 6.07) is 20.1. The number of anilines is 1. The quantitative estimate of drug-likeness (QED) is 0.382. The molecule has 2 aromatic carbocycles. The van der Waals surface area contributed by atoms with Crippen molar-refractivity contribution in [3.8, 4) is 5.75 Å². The lowest BCUT2D eigenvalue weighted by molar-refractivity contribution is -0.111. The fourth-order valence-electron chi connectivity index (χ4n) is 3.21. The predicted molar refractivity (Wildman–Crippen MR) is 132 cm³/mol. The van der Waals surface area contributed by atoms with Crippen molar-refractivity contribution >= 4 is 29.0 Å². The zero-order chi connectivity index (χ0) is 23.0. The van der Waals surface area contributed by atoms with Gasteiger partial charge in [-0.25, -0.2) is 4.98 Å². The van der Waals surface area contributed by atoms with Crippen LogP contribution < -0.4 is 15.6 Å². The third kappa shape index (κ3) is 6.27. The number of rotatable bonds is 8. The molecule has 0 spiro atoms. The van der Waals surface area contributed by atoms with E-state index in [1.54, 1.807) is 34.2 Å². The summed E-state index contributed by atoms with van der Waals surface area (Å²) in [5, 5.41) is 5.83. The normalized spacial score (nSPS) is 10.9. The molecule has 0 radical (unpaired) electrons. The maximum Gasteiger partial charge on any atom is 0.250 e. The van der Waals surface area contributed by atoms with Gasteiger partial charge in [-0.3, -0.25) is 9.59 Å². The molecule has 0 aliphatic rings. The fourth-order valence-corrected chi connectivity index (χ4v) is 3.80. The second-order valence-electron chi connectivity index (χ2n) is 7.37. The maximum absolute atomic E-state index is 12.4. The van der Waals surface area contributed by atoms with Crippen molar-refractivity contribution in [3.05, 3.63) is 117 Å². The number of benzene rings is 2. The number of thiazole rings is 1. The number of aromatic nitrogens is 2. The van der Waals surface area contributed by atoms with E-state index in [-0.39, 0.29) is 11.5 Å². The molecule has 33 heavy (non-hydrogen) atoms. The number of hydrogen-bond donors (Lipinski definition) is 1. The lowest BCUT2D eigenvalue weighted by Gasteiger charge is -2.08. The maximum atomic E-state index is 12.4. The van der Waals surface area contributed by atoms with Gasteiger partial charge in [0, 0.05) is 35.0 Å². The van der Waals surface area contributed by atoms with Crippen LogP contribution in [-0.4, -0.2) is 15.5 Å². The summed E-state index contributed by atoms with van der Waals surface area (Å²) in [5.74, 6) is 0.444. The molecule has 0 fully saturated rings. The van der Waals surface area contributed by atoms with E-state index in [2.05, 4.69) is 10.3 Å². The zero-order valence-corrected chi connectivity index (χ0v) is 18.9. The molecule has 1 amide bonds. The topological polar surface area (TPSA) is 73.2 Å². The number of carbonyl (C=O) groups excluding carboxylic acids is 1. The molecule has 6 nitrogen and oxygen atoms in total. The first-order valence-corrected chi connectivity index (χ1v) is 11.3. The minimum Gasteiger partial charge on any atom is -0.487 e. The highest BCUT2D eigenvalue weighted by Crippen LogP contribution is 2.21. The molecule has 1 N–H and O–H groups in total. The van der Waals surface area contributed by atoms with Crippen LogP contribution in [0.25, 0.3) is 6.08 Å². The van der Waals surface area contributed by atoms with Gasteiger partial charge in [0.05, 0.1) is 17.2 Å². The van der Waals surface area contributed by atoms with Gasteiger partial charge in [0.25, 0.3) is 5.56 Å². The van der Waals surface area contributed by atoms with Crippen molar-refractivity contribution in [1.82, 2.24) is 9.55 Å². The van der Waals surface area contributed by atoms with Crippen LogP contribution in [-0.2, 0) is 17.9 Å². The molecule has 7 heteroatoms. The van der Waals surface area contributed by atoms with E-state index in [4.69, 9.17) is 4.74 Å². The summed E-state index contributed by atoms with van der Waals surface area (Å²) >= 11 is 1.59. The molecule has 4 rings (SSSR count). The number of nitrogens with one attached hydrogen (secondary N) is 1. The number of ether oxygens (including phenoxy) is 1. The molecule has 0 saturated heterocycles. The molecule has 166 valence electrons. The van der Waals surface area contributed by atoms with Gasteiger partial charge in [0.2, 0.25) is 5.91 Å². The molecule has 0 atom stereocenters. The number of amides is 1. The first-order valence-electron chi connectivity index (χ1n) is 10.4. The minimum atomic E-state index is -0.244. The standard InChI is InChI=1S/C26H23N3O3S/c1-19-27-23(18-33-19)17-32-24-7-3-2-6-21(24)11-14-25(30)28-22-12-9-20(10-13-22)16-29-15-5-4-8-26(29)31/h2-15,18H,16-17H2,1H3,(H,28,30). The average molecular weight is 458 g/mol. The molecule has 0 aliphatic heterocycles. The predicted octanol–water partition coefficient (Wildman–Crippen LogP) is 4.89. The minimum absolute atomic E-state index is 0.0500. The van der Waals surface area contributed by atoms with Gasteiger partial charge in [-0.1, -0.05) is 36.4 Å². The Morgan fingerprint density at radius 3 is 2.64 bits per heavy atom. The van der Waals surface area contributed by atoms with Gasteiger partial charge in [-0.05, 0) is 42.8 Å². The lowest BCUT2D eigenvalue weighted by Crippen LogP contribution is -2.18. The lowest BCUT2D eigenvalue weighted by atomic mass is 10.2. The third-order valence-electron chi connectivity index (χ3n) is 4.85. The van der Waals surface area contributed by atoms with Crippen LogP contribution in [0.3, 0.4) is 0 Å². The fraction of sp³-hybridized carbons (Fsp3) is 0.115. The number of para-hydroxylation sites is 1. The Bertz CT molecular complexity index is 1320. The van der Waals surface area contributed by atoms with Gasteiger partial charge in [0.1, 0.15) is 12.4 Å². The SMILES string of the molecule is Cc1nc(COc2ccccc2C=CC(=O)Nc2ccc(Cn3ccccc3=O)cc2)cs1. The summed E-state index contributed by atoms with van der Waals surface area (Å²) in [4.78, 5) is 28.7. The molecule has 2 aromatic heterocycles. The first kappa shape index (κ1) is 22.2. The largest absolute Gasteiger partial charge is 0.487 e. The Morgan fingerprint density at radius 1 is 1.09 bits per heavy atom. The molecule has 0 unspecified atom stereocenters. The zero-order valence-electron chi connectivity index (χ0n) is 18.1. The van der Waals surface area contributed by atoms with Crippen LogP contribution in [0.2, 0.25) is 0 Å². The van der Waals surface area contributed by atoms with E-state index >= 15 is 0 Å². The van der Waals surface area contributed by atoms with Crippen LogP contribution in [0.15, 0.2) is 89.2 Å². The molecule has 0 saturated carbocycles. The van der Waals surface area contributed by atoms with Crippen LogP contribution in [0.1, 0.15) is 21.8 Å². The average Bonchev–Trinajstić information content (AvgIpc) is 3.24. The van der Waals surface area contributed by atoms with Crippen molar-refractivity contribution < 1.29 is 9.53 Å². The number of carbonyl (C=O) groups is 1. The van der Waals surface area contributed by atoms with E-state index in [1.807, 2.05) is 66.9 Å². The van der Waals surface area contributed by atoms with Crippen LogP contribution in [0.4, 0.5) is 5.69 Å². The van der Waals surface area contributed by atoms with E-state index in [9.17, 15) is 9.59 Å². The molecular formula is C26H23N3O3S. The number of hydrogen-bond acceptors (Lipinski definition) is 5. The third-order valence-corrected chi connectivity index (χ3v) is 5.67. The van der Waals surface area contributed by atoms with Crippen LogP contribution in [0, 0.1) is 6.92 Å². The van der Waals surface area contributed by atoms with Crippen LogP contribution >= 0.6 is 11.3 Å².